The molecule has 17 heavy (non-hydrogen) atoms. The Morgan fingerprint density at radius 3 is 2.29 bits per heavy atom. The number of aliphatic hydroxyl groups is 1. The molecule has 0 radical (unpaired) electrons. The van der Waals surface area contributed by atoms with Crippen LogP contribution in [0.5, 0.6) is 0 Å². The Morgan fingerprint density at radius 2 is 1.76 bits per heavy atom. The largest absolute Gasteiger partial charge is 0.387 e. The fraction of sp³-hybridized carbons (Fsp3) is 0.500. The Hall–Kier alpha value is -0.680. The normalized spacial score (nSPS) is 13.8. The highest BCUT2D eigenvalue weighted by atomic mass is 32.2. The maximum Gasteiger partial charge on any atom is 0.194 e. The van der Waals surface area contributed by atoms with Crippen molar-refractivity contribution in [3.8, 4) is 0 Å². The van der Waals surface area contributed by atoms with Crippen LogP contribution < -0.4 is 0 Å². The first kappa shape index (κ1) is 14.4. The zero-order chi connectivity index (χ0) is 13.2. The van der Waals surface area contributed by atoms with Crippen LogP contribution in [0.2, 0.25) is 0 Å². The molecule has 1 N–H and O–H groups in total. The second-order valence-corrected chi connectivity index (χ2v) is 6.55. The van der Waals surface area contributed by atoms with Gasteiger partial charge in [0.25, 0.3) is 0 Å². The maximum atomic E-state index is 13.3. The molecule has 0 fully saturated rings. The standard InChI is InChI=1S/C12H15F3OS/c1-12(2,3)17-6-9(16)7-4-5-8(13)11(15)10(7)14/h4-5,9,16H,6H2,1-3H3. The van der Waals surface area contributed by atoms with Gasteiger partial charge in [0, 0.05) is 16.1 Å². The first-order valence-electron chi connectivity index (χ1n) is 5.18. The molecule has 96 valence electrons. The number of benzene rings is 1. The van der Waals surface area contributed by atoms with Crippen LogP contribution in [0, 0.1) is 17.5 Å². The fourth-order valence-electron chi connectivity index (χ4n) is 1.22. The summed E-state index contributed by atoms with van der Waals surface area (Å²) in [6.07, 6.45) is -1.14. The highest BCUT2D eigenvalue weighted by Crippen LogP contribution is 2.30. The van der Waals surface area contributed by atoms with Gasteiger partial charge in [-0.3, -0.25) is 0 Å². The van der Waals surface area contributed by atoms with Crippen molar-refractivity contribution in [3.63, 3.8) is 0 Å². The minimum atomic E-state index is -1.54. The van der Waals surface area contributed by atoms with Gasteiger partial charge in [0.1, 0.15) is 0 Å². The van der Waals surface area contributed by atoms with Crippen molar-refractivity contribution in [1.82, 2.24) is 0 Å². The van der Waals surface area contributed by atoms with E-state index in [0.29, 0.717) is 0 Å². The summed E-state index contributed by atoms with van der Waals surface area (Å²) in [7, 11) is 0. The van der Waals surface area contributed by atoms with Gasteiger partial charge < -0.3 is 5.11 Å². The van der Waals surface area contributed by atoms with Crippen LogP contribution in [-0.4, -0.2) is 15.6 Å². The molecular weight excluding hydrogens is 249 g/mol. The molecule has 0 aromatic heterocycles. The zero-order valence-electron chi connectivity index (χ0n) is 9.93. The summed E-state index contributed by atoms with van der Waals surface area (Å²) in [5, 5.41) is 9.73. The van der Waals surface area contributed by atoms with Crippen LogP contribution in [0.1, 0.15) is 32.4 Å². The van der Waals surface area contributed by atoms with E-state index in [1.807, 2.05) is 20.8 Å². The van der Waals surface area contributed by atoms with E-state index in [4.69, 9.17) is 0 Å². The van der Waals surface area contributed by atoms with Gasteiger partial charge in [-0.05, 0) is 6.07 Å². The van der Waals surface area contributed by atoms with Crippen molar-refractivity contribution in [3.05, 3.63) is 35.1 Å². The molecule has 1 atom stereocenters. The first-order chi connectivity index (χ1) is 7.72. The van der Waals surface area contributed by atoms with Gasteiger partial charge in [-0.15, -0.1) is 0 Å². The third kappa shape index (κ3) is 3.92. The van der Waals surface area contributed by atoms with Gasteiger partial charge in [-0.25, -0.2) is 13.2 Å². The van der Waals surface area contributed by atoms with Crippen LogP contribution in [-0.2, 0) is 0 Å². The minimum absolute atomic E-state index is 0.0873. The molecule has 1 unspecified atom stereocenters. The Kier molecular flexibility index (Phi) is 4.49. The number of aliphatic hydroxyl groups excluding tert-OH is 1. The average Bonchev–Trinajstić information content (AvgIpc) is 2.22. The molecule has 0 aliphatic rings. The molecule has 0 spiro atoms. The van der Waals surface area contributed by atoms with E-state index in [-0.39, 0.29) is 16.1 Å². The predicted octanol–water partition coefficient (Wildman–Crippen LogP) is 3.67. The van der Waals surface area contributed by atoms with Crippen molar-refractivity contribution in [2.75, 3.05) is 5.75 Å². The minimum Gasteiger partial charge on any atom is -0.387 e. The number of halogens is 3. The summed E-state index contributed by atoms with van der Waals surface area (Å²) in [6.45, 7) is 5.85. The third-order valence-electron chi connectivity index (χ3n) is 2.10. The van der Waals surface area contributed by atoms with Gasteiger partial charge in [-0.1, -0.05) is 26.8 Å². The third-order valence-corrected chi connectivity index (χ3v) is 3.45. The van der Waals surface area contributed by atoms with Crippen molar-refractivity contribution in [2.24, 2.45) is 0 Å². The van der Waals surface area contributed by atoms with Crippen LogP contribution in [0.15, 0.2) is 12.1 Å². The Bertz CT molecular complexity index is 401. The molecule has 1 rings (SSSR count). The average molecular weight is 264 g/mol. The monoisotopic (exact) mass is 264 g/mol. The summed E-state index contributed by atoms with van der Waals surface area (Å²) >= 11 is 1.42. The highest BCUT2D eigenvalue weighted by Gasteiger charge is 2.21. The molecule has 0 amide bonds. The van der Waals surface area contributed by atoms with Crippen LogP contribution in [0.25, 0.3) is 0 Å². The molecular formula is C12H15F3OS. The molecule has 0 bridgehead atoms. The molecule has 0 heterocycles. The van der Waals surface area contributed by atoms with E-state index in [0.717, 1.165) is 12.1 Å². The molecule has 0 saturated heterocycles. The number of hydrogen-bond acceptors (Lipinski definition) is 2. The van der Waals surface area contributed by atoms with Crippen molar-refractivity contribution in [1.29, 1.82) is 0 Å². The molecule has 0 aliphatic heterocycles. The Morgan fingerprint density at radius 1 is 1.18 bits per heavy atom. The zero-order valence-corrected chi connectivity index (χ0v) is 10.7. The summed E-state index contributed by atoms with van der Waals surface area (Å²) < 4.78 is 38.9. The van der Waals surface area contributed by atoms with E-state index in [1.165, 1.54) is 11.8 Å². The number of hydrogen-bond donors (Lipinski definition) is 1. The quantitative estimate of drug-likeness (QED) is 0.841. The van der Waals surface area contributed by atoms with E-state index in [9.17, 15) is 18.3 Å². The summed E-state index contributed by atoms with van der Waals surface area (Å²) in [5.74, 6) is -3.87. The van der Waals surface area contributed by atoms with Gasteiger partial charge in [0.15, 0.2) is 17.5 Å². The molecule has 0 aliphatic carbocycles. The van der Waals surface area contributed by atoms with Gasteiger partial charge in [-0.2, -0.15) is 11.8 Å². The molecule has 1 aromatic carbocycles. The van der Waals surface area contributed by atoms with E-state index >= 15 is 0 Å². The van der Waals surface area contributed by atoms with Gasteiger partial charge in [0.05, 0.1) is 6.10 Å². The topological polar surface area (TPSA) is 20.2 Å². The SMILES string of the molecule is CC(C)(C)SCC(O)c1ccc(F)c(F)c1F. The van der Waals surface area contributed by atoms with Crippen LogP contribution >= 0.6 is 11.8 Å². The van der Waals surface area contributed by atoms with E-state index in [2.05, 4.69) is 0 Å². The summed E-state index contributed by atoms with van der Waals surface area (Å²) in [5.41, 5.74) is -0.208. The predicted molar refractivity (Wildman–Crippen MR) is 63.5 cm³/mol. The lowest BCUT2D eigenvalue weighted by atomic mass is 10.1. The highest BCUT2D eigenvalue weighted by molar-refractivity contribution is 8.00. The van der Waals surface area contributed by atoms with E-state index < -0.39 is 23.6 Å². The lowest BCUT2D eigenvalue weighted by Gasteiger charge is -2.20. The molecule has 1 nitrogen and oxygen atoms in total. The maximum absolute atomic E-state index is 13.3. The second-order valence-electron chi connectivity index (χ2n) is 4.70. The number of thioether (sulfide) groups is 1. The smallest absolute Gasteiger partial charge is 0.194 e. The molecule has 1 aromatic rings. The Balaban J connectivity index is 2.83. The lowest BCUT2D eigenvalue weighted by molar-refractivity contribution is 0.196. The molecule has 0 saturated carbocycles. The van der Waals surface area contributed by atoms with Crippen LogP contribution in [0.4, 0.5) is 13.2 Å². The summed E-state index contributed by atoms with van der Waals surface area (Å²) in [4.78, 5) is 0. The second kappa shape index (κ2) is 5.31. The number of rotatable bonds is 3. The van der Waals surface area contributed by atoms with Gasteiger partial charge in [0.2, 0.25) is 0 Å². The lowest BCUT2D eigenvalue weighted by Crippen LogP contribution is -2.13. The van der Waals surface area contributed by atoms with Crippen molar-refractivity contribution in [2.45, 2.75) is 31.6 Å². The van der Waals surface area contributed by atoms with Crippen molar-refractivity contribution >= 4 is 11.8 Å². The van der Waals surface area contributed by atoms with E-state index in [1.54, 1.807) is 0 Å². The summed E-state index contributed by atoms with van der Waals surface area (Å²) in [6, 6.07) is 1.89. The Labute approximate surface area is 103 Å². The molecule has 5 heteroatoms. The first-order valence-corrected chi connectivity index (χ1v) is 6.16. The van der Waals surface area contributed by atoms with Crippen molar-refractivity contribution < 1.29 is 18.3 Å². The van der Waals surface area contributed by atoms with Gasteiger partial charge >= 0.3 is 0 Å². The fourth-order valence-corrected chi connectivity index (χ4v) is 2.05. The van der Waals surface area contributed by atoms with Crippen LogP contribution in [0.3, 0.4) is 0 Å².